The molecule has 0 bridgehead atoms. The van der Waals surface area contributed by atoms with E-state index in [9.17, 15) is 22.0 Å². The number of nitrogens with one attached hydrogen (secondary N) is 2. The lowest BCUT2D eigenvalue weighted by Gasteiger charge is -2.17. The molecule has 10 heteroatoms. The summed E-state index contributed by atoms with van der Waals surface area (Å²) in [6, 6.07) is 15.2. The second-order valence-corrected chi connectivity index (χ2v) is 10.8. The fourth-order valence-electron chi connectivity index (χ4n) is 3.45. The summed E-state index contributed by atoms with van der Waals surface area (Å²) in [5, 5.41) is 3.57. The minimum atomic E-state index is -3.42. The van der Waals surface area contributed by atoms with Crippen molar-refractivity contribution in [2.75, 3.05) is 35.3 Å². The maximum Gasteiger partial charge on any atom is 0.265 e. The number of thiophene rings is 1. The smallest absolute Gasteiger partial charge is 0.265 e. The third-order valence-corrected chi connectivity index (χ3v) is 6.70. The van der Waals surface area contributed by atoms with Crippen LogP contribution >= 0.6 is 11.3 Å². The van der Waals surface area contributed by atoms with Crippen molar-refractivity contribution in [2.45, 2.75) is 0 Å². The summed E-state index contributed by atoms with van der Waals surface area (Å²) in [7, 11) is 0.221. The van der Waals surface area contributed by atoms with Gasteiger partial charge in [0.25, 0.3) is 5.91 Å². The summed E-state index contributed by atoms with van der Waals surface area (Å²) in [4.78, 5) is 15.2. The van der Waals surface area contributed by atoms with Crippen molar-refractivity contribution < 1.29 is 22.0 Å². The first-order chi connectivity index (χ1) is 16.0. The third kappa shape index (κ3) is 5.35. The molecule has 0 spiro atoms. The molecule has 0 aliphatic heterocycles. The van der Waals surface area contributed by atoms with Crippen LogP contribution in [0.1, 0.15) is 9.67 Å². The predicted octanol–water partition coefficient (Wildman–Crippen LogP) is 5.54. The van der Waals surface area contributed by atoms with Gasteiger partial charge in [-0.15, -0.1) is 11.3 Å². The molecule has 1 heterocycles. The Morgan fingerprint density at radius 1 is 0.941 bits per heavy atom. The molecule has 0 radical (unpaired) electrons. The van der Waals surface area contributed by atoms with Gasteiger partial charge in [-0.3, -0.25) is 9.52 Å². The van der Waals surface area contributed by atoms with Gasteiger partial charge < -0.3 is 10.2 Å². The number of fused-ring (bicyclic) bond motifs is 1. The average molecular weight is 502 g/mol. The van der Waals surface area contributed by atoms with E-state index in [4.69, 9.17) is 0 Å². The van der Waals surface area contributed by atoms with Crippen molar-refractivity contribution in [3.63, 3.8) is 0 Å². The normalized spacial score (nSPS) is 11.4. The Balaban J connectivity index is 1.65. The molecule has 0 atom stereocenters. The van der Waals surface area contributed by atoms with Crippen LogP contribution in [0.5, 0.6) is 0 Å². The summed E-state index contributed by atoms with van der Waals surface area (Å²) < 4.78 is 54.0. The van der Waals surface area contributed by atoms with Gasteiger partial charge in [0, 0.05) is 47.5 Å². The maximum absolute atomic E-state index is 14.4. The van der Waals surface area contributed by atoms with E-state index in [1.165, 1.54) is 23.5 Å². The summed E-state index contributed by atoms with van der Waals surface area (Å²) in [6.07, 6.45) is 1.07. The summed E-state index contributed by atoms with van der Waals surface area (Å²) >= 11 is 1.27. The molecule has 176 valence electrons. The summed E-state index contributed by atoms with van der Waals surface area (Å²) in [5.74, 6) is -1.73. The lowest BCUT2D eigenvalue weighted by atomic mass is 10.0. The number of hydrogen-bond donors (Lipinski definition) is 2. The molecule has 0 saturated carbocycles. The van der Waals surface area contributed by atoms with Crippen molar-refractivity contribution in [3.8, 4) is 11.1 Å². The molecule has 2 N–H and O–H groups in total. The predicted molar refractivity (Wildman–Crippen MR) is 134 cm³/mol. The van der Waals surface area contributed by atoms with Crippen molar-refractivity contribution in [1.82, 2.24) is 0 Å². The highest BCUT2D eigenvalue weighted by Crippen LogP contribution is 2.32. The van der Waals surface area contributed by atoms with Gasteiger partial charge in [0.2, 0.25) is 10.0 Å². The monoisotopic (exact) mass is 501 g/mol. The van der Waals surface area contributed by atoms with E-state index >= 15 is 0 Å². The van der Waals surface area contributed by atoms with E-state index in [2.05, 4.69) is 10.0 Å². The average Bonchev–Trinajstić information content (AvgIpc) is 3.16. The topological polar surface area (TPSA) is 78.5 Å². The molecule has 1 aromatic heterocycles. The van der Waals surface area contributed by atoms with E-state index in [0.29, 0.717) is 21.8 Å². The molecule has 0 aliphatic rings. The molecule has 0 aliphatic carbocycles. The highest BCUT2D eigenvalue weighted by Gasteiger charge is 2.15. The van der Waals surface area contributed by atoms with Crippen molar-refractivity contribution >= 4 is 54.4 Å². The summed E-state index contributed by atoms with van der Waals surface area (Å²) in [5.41, 5.74) is 2.29. The van der Waals surface area contributed by atoms with Crippen LogP contribution in [-0.2, 0) is 10.0 Å². The molecular weight excluding hydrogens is 480 g/mol. The zero-order valence-electron chi connectivity index (χ0n) is 18.5. The van der Waals surface area contributed by atoms with Crippen LogP contribution in [0.2, 0.25) is 0 Å². The van der Waals surface area contributed by atoms with Crippen LogP contribution in [0.4, 0.5) is 25.8 Å². The Bertz CT molecular complexity index is 1520. The largest absolute Gasteiger partial charge is 0.378 e. The Kier molecular flexibility index (Phi) is 6.28. The molecule has 34 heavy (non-hydrogen) atoms. The second-order valence-electron chi connectivity index (χ2n) is 7.98. The minimum Gasteiger partial charge on any atom is -0.378 e. The summed E-state index contributed by atoms with van der Waals surface area (Å²) in [6.45, 7) is 0. The molecular formula is C24H21F2N3O3S2. The maximum atomic E-state index is 14.4. The van der Waals surface area contributed by atoms with E-state index in [-0.39, 0.29) is 11.5 Å². The molecule has 0 fully saturated rings. The van der Waals surface area contributed by atoms with Crippen LogP contribution in [0.3, 0.4) is 0 Å². The SMILES string of the molecule is CN(C)c1cc(NC(=O)c2cc3cc(NS(C)(=O)=O)ccc3s2)cc(-c2ccc(F)cc2F)c1. The van der Waals surface area contributed by atoms with E-state index in [1.807, 2.05) is 19.0 Å². The van der Waals surface area contributed by atoms with E-state index < -0.39 is 21.7 Å². The Morgan fingerprint density at radius 3 is 2.38 bits per heavy atom. The molecule has 0 unspecified atom stereocenters. The number of carbonyl (C=O) groups is 1. The highest BCUT2D eigenvalue weighted by molar-refractivity contribution is 7.92. The molecule has 1 amide bonds. The van der Waals surface area contributed by atoms with E-state index in [1.54, 1.807) is 42.5 Å². The lowest BCUT2D eigenvalue weighted by Crippen LogP contribution is -2.13. The van der Waals surface area contributed by atoms with Gasteiger partial charge in [-0.1, -0.05) is 0 Å². The van der Waals surface area contributed by atoms with Gasteiger partial charge in [0.15, 0.2) is 0 Å². The number of sulfonamides is 1. The molecule has 4 aromatic rings. The third-order valence-electron chi connectivity index (χ3n) is 4.98. The Morgan fingerprint density at radius 2 is 1.71 bits per heavy atom. The first-order valence-corrected chi connectivity index (χ1v) is 12.8. The number of rotatable bonds is 6. The van der Waals surface area contributed by atoms with Crippen molar-refractivity contribution in [1.29, 1.82) is 0 Å². The zero-order valence-corrected chi connectivity index (χ0v) is 20.2. The molecule has 0 saturated heterocycles. The van der Waals surface area contributed by atoms with E-state index in [0.717, 1.165) is 28.1 Å². The fourth-order valence-corrected chi connectivity index (χ4v) is 4.94. The fraction of sp³-hybridized carbons (Fsp3) is 0.125. The molecule has 4 rings (SSSR count). The number of amides is 1. The first kappa shape index (κ1) is 23.7. The Hall–Kier alpha value is -3.50. The van der Waals surface area contributed by atoms with Gasteiger partial charge in [-0.25, -0.2) is 17.2 Å². The molecule has 3 aromatic carbocycles. The number of nitrogens with zero attached hydrogens (tertiary/aromatic N) is 1. The standard InChI is InChI=1S/C24H21F2N3O3S2/c1-29(2)19-10-14(20-6-4-16(25)12-21(20)26)8-18(13-19)27-24(30)23-11-15-9-17(28-34(3,31)32)5-7-22(15)33-23/h4-13,28H,1-3H3,(H,27,30). The Labute approximate surface area is 199 Å². The van der Waals surface area contributed by atoms with Crippen LogP contribution in [0.15, 0.2) is 60.7 Å². The quantitative estimate of drug-likeness (QED) is 0.364. The van der Waals surface area contributed by atoms with Crippen molar-refractivity contribution in [2.24, 2.45) is 0 Å². The van der Waals surface area contributed by atoms with Gasteiger partial charge in [-0.05, 0) is 65.5 Å². The lowest BCUT2D eigenvalue weighted by molar-refractivity contribution is 0.103. The van der Waals surface area contributed by atoms with Crippen LogP contribution in [0, 0.1) is 11.6 Å². The molecule has 6 nitrogen and oxygen atoms in total. The zero-order chi connectivity index (χ0) is 24.6. The van der Waals surface area contributed by atoms with Crippen LogP contribution < -0.4 is 14.9 Å². The van der Waals surface area contributed by atoms with Gasteiger partial charge in [-0.2, -0.15) is 0 Å². The second kappa shape index (κ2) is 9.03. The van der Waals surface area contributed by atoms with Crippen LogP contribution in [0.25, 0.3) is 21.2 Å². The van der Waals surface area contributed by atoms with Crippen LogP contribution in [-0.4, -0.2) is 34.7 Å². The number of carbonyl (C=O) groups excluding carboxylic acids is 1. The van der Waals surface area contributed by atoms with Gasteiger partial charge >= 0.3 is 0 Å². The van der Waals surface area contributed by atoms with Gasteiger partial charge in [0.1, 0.15) is 11.6 Å². The minimum absolute atomic E-state index is 0.216. The van der Waals surface area contributed by atoms with Crippen molar-refractivity contribution in [3.05, 3.63) is 77.2 Å². The highest BCUT2D eigenvalue weighted by atomic mass is 32.2. The number of halogens is 2. The number of benzene rings is 3. The first-order valence-electron chi connectivity index (χ1n) is 10.1. The number of hydrogen-bond acceptors (Lipinski definition) is 5. The van der Waals surface area contributed by atoms with Gasteiger partial charge in [0.05, 0.1) is 11.1 Å². The number of anilines is 3.